The molecule has 1 aliphatic rings. The van der Waals surface area contributed by atoms with Crippen molar-refractivity contribution in [3.05, 3.63) is 20.8 Å². The molecule has 96 valence electrons. The van der Waals surface area contributed by atoms with Crippen molar-refractivity contribution in [3.63, 3.8) is 0 Å². The van der Waals surface area contributed by atoms with Crippen molar-refractivity contribution < 1.29 is 4.74 Å². The highest BCUT2D eigenvalue weighted by Gasteiger charge is 2.42. The van der Waals surface area contributed by atoms with Gasteiger partial charge in [-0.15, -0.1) is 11.3 Å². The van der Waals surface area contributed by atoms with Gasteiger partial charge in [0, 0.05) is 16.5 Å². The van der Waals surface area contributed by atoms with E-state index >= 15 is 0 Å². The van der Waals surface area contributed by atoms with Crippen molar-refractivity contribution in [2.45, 2.75) is 44.2 Å². The van der Waals surface area contributed by atoms with E-state index in [9.17, 15) is 0 Å². The number of halogens is 1. The number of thiophene rings is 1. The lowest BCUT2D eigenvalue weighted by Crippen LogP contribution is -2.46. The molecule has 1 saturated carbocycles. The van der Waals surface area contributed by atoms with Gasteiger partial charge < -0.3 is 10.5 Å². The molecule has 0 spiro atoms. The number of hydrogen-bond acceptors (Lipinski definition) is 3. The van der Waals surface area contributed by atoms with Crippen LogP contribution < -0.4 is 5.73 Å². The lowest BCUT2D eigenvalue weighted by Gasteiger charge is -2.42. The molecule has 1 heterocycles. The third-order valence-electron chi connectivity index (χ3n) is 3.89. The molecule has 2 rings (SSSR count). The molecule has 4 heteroatoms. The van der Waals surface area contributed by atoms with E-state index in [0.717, 1.165) is 17.3 Å². The summed E-state index contributed by atoms with van der Waals surface area (Å²) in [5.74, 6) is 0.702. The largest absolute Gasteiger partial charge is 0.376 e. The summed E-state index contributed by atoms with van der Waals surface area (Å²) >= 11 is 5.29. The summed E-state index contributed by atoms with van der Waals surface area (Å²) < 4.78 is 6.97. The molecule has 1 aromatic heterocycles. The van der Waals surface area contributed by atoms with Crippen molar-refractivity contribution >= 4 is 27.3 Å². The molecule has 3 atom stereocenters. The number of rotatable bonds is 3. The molecule has 0 amide bonds. The van der Waals surface area contributed by atoms with E-state index in [1.165, 1.54) is 17.7 Å². The third kappa shape index (κ3) is 2.60. The van der Waals surface area contributed by atoms with Crippen LogP contribution in [0.5, 0.6) is 0 Å². The first-order valence-corrected chi connectivity index (χ1v) is 7.80. The normalized spacial score (nSPS) is 31.4. The second-order valence-electron chi connectivity index (χ2n) is 5.08. The summed E-state index contributed by atoms with van der Waals surface area (Å²) in [7, 11) is 1.80. The lowest BCUT2D eigenvalue weighted by molar-refractivity contribution is -0.0712. The van der Waals surface area contributed by atoms with E-state index in [4.69, 9.17) is 10.5 Å². The summed E-state index contributed by atoms with van der Waals surface area (Å²) in [6.07, 6.45) is 4.64. The topological polar surface area (TPSA) is 35.2 Å². The van der Waals surface area contributed by atoms with Crippen LogP contribution in [0.1, 0.15) is 43.5 Å². The Labute approximate surface area is 116 Å². The van der Waals surface area contributed by atoms with Gasteiger partial charge in [-0.2, -0.15) is 0 Å². The Hall–Kier alpha value is 0.100. The fourth-order valence-corrected chi connectivity index (χ4v) is 4.63. The average molecular weight is 318 g/mol. The molecule has 3 unspecified atom stereocenters. The van der Waals surface area contributed by atoms with Gasteiger partial charge in [-0.25, -0.2) is 0 Å². The molecule has 0 aliphatic heterocycles. The second-order valence-corrected chi connectivity index (χ2v) is 6.88. The van der Waals surface area contributed by atoms with E-state index in [0.29, 0.717) is 5.92 Å². The third-order valence-corrected chi connectivity index (χ3v) is 5.85. The molecular weight excluding hydrogens is 298 g/mol. The van der Waals surface area contributed by atoms with Crippen molar-refractivity contribution in [1.29, 1.82) is 0 Å². The Morgan fingerprint density at radius 3 is 2.94 bits per heavy atom. The maximum atomic E-state index is 6.48. The first kappa shape index (κ1) is 13.5. The molecule has 2 nitrogen and oxygen atoms in total. The first-order chi connectivity index (χ1) is 8.09. The van der Waals surface area contributed by atoms with E-state index in [2.05, 4.69) is 34.3 Å². The summed E-state index contributed by atoms with van der Waals surface area (Å²) in [4.78, 5) is 1.21. The van der Waals surface area contributed by atoms with Crippen molar-refractivity contribution in [2.75, 3.05) is 7.11 Å². The minimum atomic E-state index is -0.176. The van der Waals surface area contributed by atoms with Gasteiger partial charge in [-0.05, 0) is 46.1 Å². The maximum absolute atomic E-state index is 6.48. The van der Waals surface area contributed by atoms with Gasteiger partial charge in [0.15, 0.2) is 0 Å². The molecule has 2 N–H and O–H groups in total. The molecule has 17 heavy (non-hydrogen) atoms. The lowest BCUT2D eigenvalue weighted by atomic mass is 9.74. The van der Waals surface area contributed by atoms with E-state index in [1.807, 2.05) is 0 Å². The van der Waals surface area contributed by atoms with E-state index < -0.39 is 0 Å². The van der Waals surface area contributed by atoms with E-state index in [-0.39, 0.29) is 11.6 Å². The van der Waals surface area contributed by atoms with Crippen LogP contribution in [0, 0.1) is 5.92 Å². The van der Waals surface area contributed by atoms with Crippen molar-refractivity contribution in [3.8, 4) is 0 Å². The number of hydrogen-bond donors (Lipinski definition) is 1. The Balaban J connectivity index is 2.26. The summed E-state index contributed by atoms with van der Waals surface area (Å²) in [5.41, 5.74) is 6.30. The summed E-state index contributed by atoms with van der Waals surface area (Å²) in [6.45, 7) is 2.29. The van der Waals surface area contributed by atoms with Gasteiger partial charge in [0.1, 0.15) is 0 Å². The highest BCUT2D eigenvalue weighted by molar-refractivity contribution is 9.10. The van der Waals surface area contributed by atoms with Crippen LogP contribution >= 0.6 is 27.3 Å². The van der Waals surface area contributed by atoms with Crippen LogP contribution in [0.4, 0.5) is 0 Å². The van der Waals surface area contributed by atoms with Gasteiger partial charge in [0.2, 0.25) is 0 Å². The fraction of sp³-hybridized carbons (Fsp3) is 0.692. The first-order valence-electron chi connectivity index (χ1n) is 6.12. The Morgan fingerprint density at radius 2 is 2.41 bits per heavy atom. The summed E-state index contributed by atoms with van der Waals surface area (Å²) in [6, 6.07) is 2.04. The monoisotopic (exact) mass is 317 g/mol. The minimum Gasteiger partial charge on any atom is -0.376 e. The second kappa shape index (κ2) is 5.39. The van der Waals surface area contributed by atoms with Crippen LogP contribution in [-0.4, -0.2) is 12.7 Å². The van der Waals surface area contributed by atoms with E-state index in [1.54, 1.807) is 18.4 Å². The van der Waals surface area contributed by atoms with Crippen LogP contribution in [0.3, 0.4) is 0 Å². The molecular formula is C13H20BrNOS. The smallest absolute Gasteiger partial charge is 0.0881 e. The Kier molecular flexibility index (Phi) is 4.29. The standard InChI is InChI=1S/C13H20BrNOS/c1-9-4-3-6-13(8-9,16-2)12(15)11-10(14)5-7-17-11/h5,7,9,12H,3-4,6,8,15H2,1-2H3. The van der Waals surface area contributed by atoms with Crippen molar-refractivity contribution in [1.82, 2.24) is 0 Å². The zero-order valence-electron chi connectivity index (χ0n) is 10.4. The molecule has 0 radical (unpaired) electrons. The predicted octanol–water partition coefficient (Wildman–Crippen LogP) is 4.11. The van der Waals surface area contributed by atoms with Gasteiger partial charge >= 0.3 is 0 Å². The van der Waals surface area contributed by atoms with Gasteiger partial charge in [-0.1, -0.05) is 19.8 Å². The molecule has 1 fully saturated rings. The quantitative estimate of drug-likeness (QED) is 0.910. The van der Waals surface area contributed by atoms with Gasteiger partial charge in [0.05, 0.1) is 11.6 Å². The molecule has 1 aliphatic carbocycles. The highest BCUT2D eigenvalue weighted by atomic mass is 79.9. The van der Waals surface area contributed by atoms with Crippen LogP contribution in [0.25, 0.3) is 0 Å². The zero-order chi connectivity index (χ0) is 12.5. The van der Waals surface area contributed by atoms with Gasteiger partial charge in [-0.3, -0.25) is 0 Å². The van der Waals surface area contributed by atoms with Crippen LogP contribution in [0.2, 0.25) is 0 Å². The molecule has 0 aromatic carbocycles. The number of methoxy groups -OCH3 is 1. The fourth-order valence-electron chi connectivity index (χ4n) is 2.90. The molecule has 1 aromatic rings. The maximum Gasteiger partial charge on any atom is 0.0881 e. The summed E-state index contributed by atoms with van der Waals surface area (Å²) in [5, 5.41) is 2.08. The number of ether oxygens (including phenoxy) is 1. The predicted molar refractivity (Wildman–Crippen MR) is 76.3 cm³/mol. The van der Waals surface area contributed by atoms with Crippen molar-refractivity contribution in [2.24, 2.45) is 11.7 Å². The minimum absolute atomic E-state index is 0.0235. The van der Waals surface area contributed by atoms with Gasteiger partial charge in [0.25, 0.3) is 0 Å². The highest BCUT2D eigenvalue weighted by Crippen LogP contribution is 2.44. The average Bonchev–Trinajstić information content (AvgIpc) is 2.74. The SMILES string of the molecule is COC1(C(N)c2sccc2Br)CCCC(C)C1. The Morgan fingerprint density at radius 1 is 1.65 bits per heavy atom. The Bertz CT molecular complexity index is 381. The molecule has 0 bridgehead atoms. The number of nitrogens with two attached hydrogens (primary N) is 1. The molecule has 0 saturated heterocycles. The van der Waals surface area contributed by atoms with Crippen LogP contribution in [0.15, 0.2) is 15.9 Å². The zero-order valence-corrected chi connectivity index (χ0v) is 12.8. The van der Waals surface area contributed by atoms with Crippen LogP contribution in [-0.2, 0) is 4.74 Å².